The van der Waals surface area contributed by atoms with E-state index in [0.717, 1.165) is 37.3 Å². The van der Waals surface area contributed by atoms with Crippen molar-refractivity contribution in [3.8, 4) is 0 Å². The van der Waals surface area contributed by atoms with Gasteiger partial charge in [0.05, 0.1) is 6.54 Å². The molecule has 0 radical (unpaired) electrons. The first kappa shape index (κ1) is 15.0. The third kappa shape index (κ3) is 4.27. The smallest absolute Gasteiger partial charge is 0.230 e. The van der Waals surface area contributed by atoms with E-state index in [9.17, 15) is 0 Å². The summed E-state index contributed by atoms with van der Waals surface area (Å²) in [7, 11) is 0. The molecule has 1 aliphatic heterocycles. The number of rotatable bonds is 5. The van der Waals surface area contributed by atoms with Crippen LogP contribution in [0.3, 0.4) is 0 Å². The van der Waals surface area contributed by atoms with Crippen molar-refractivity contribution in [3.05, 3.63) is 11.8 Å². The van der Waals surface area contributed by atoms with E-state index in [1.807, 2.05) is 0 Å². The lowest BCUT2D eigenvalue weighted by atomic mass is 9.97. The minimum absolute atomic E-state index is 0.0645. The predicted octanol–water partition coefficient (Wildman–Crippen LogP) is 2.33. The Morgan fingerprint density at radius 1 is 1.14 bits per heavy atom. The average molecular weight is 292 g/mol. The Labute approximate surface area is 127 Å². The highest BCUT2D eigenvalue weighted by Crippen LogP contribution is 2.28. The lowest BCUT2D eigenvalue weighted by molar-refractivity contribution is 0.173. The molecule has 0 aromatic carbocycles. The SMILES string of the molecule is CC(C)(C)c1nnc(CN2CCC(NCC3CC3)CC2)o1. The minimum Gasteiger partial charge on any atom is -0.423 e. The molecular weight excluding hydrogens is 264 g/mol. The Morgan fingerprint density at radius 3 is 2.43 bits per heavy atom. The Morgan fingerprint density at radius 2 is 1.86 bits per heavy atom. The van der Waals surface area contributed by atoms with Crippen LogP contribution in [0.2, 0.25) is 0 Å². The van der Waals surface area contributed by atoms with Crippen LogP contribution in [0.5, 0.6) is 0 Å². The van der Waals surface area contributed by atoms with Crippen LogP contribution >= 0.6 is 0 Å². The molecule has 2 aliphatic rings. The van der Waals surface area contributed by atoms with E-state index in [0.29, 0.717) is 6.04 Å². The van der Waals surface area contributed by atoms with Gasteiger partial charge in [-0.2, -0.15) is 0 Å². The Kier molecular flexibility index (Phi) is 4.31. The van der Waals surface area contributed by atoms with Crippen molar-refractivity contribution in [3.63, 3.8) is 0 Å². The molecule has 0 spiro atoms. The van der Waals surface area contributed by atoms with Crippen LogP contribution in [-0.2, 0) is 12.0 Å². The zero-order chi connectivity index (χ0) is 14.9. The first-order valence-electron chi connectivity index (χ1n) is 8.29. The van der Waals surface area contributed by atoms with Crippen molar-refractivity contribution < 1.29 is 4.42 Å². The molecule has 1 saturated heterocycles. The molecule has 21 heavy (non-hydrogen) atoms. The number of hydrogen-bond donors (Lipinski definition) is 1. The van der Waals surface area contributed by atoms with Crippen LogP contribution < -0.4 is 5.32 Å². The normalized spacial score (nSPS) is 21.9. The second-order valence-corrected chi connectivity index (χ2v) is 7.65. The highest BCUT2D eigenvalue weighted by atomic mass is 16.4. The average Bonchev–Trinajstić information content (AvgIpc) is 3.14. The van der Waals surface area contributed by atoms with E-state index in [1.54, 1.807) is 0 Å². The minimum atomic E-state index is -0.0645. The summed E-state index contributed by atoms with van der Waals surface area (Å²) in [4.78, 5) is 2.43. The molecule has 2 heterocycles. The summed E-state index contributed by atoms with van der Waals surface area (Å²) >= 11 is 0. The molecule has 0 amide bonds. The summed E-state index contributed by atoms with van der Waals surface area (Å²) in [5.41, 5.74) is -0.0645. The largest absolute Gasteiger partial charge is 0.423 e. The van der Waals surface area contributed by atoms with E-state index in [2.05, 4.69) is 41.2 Å². The Bertz CT molecular complexity index is 453. The summed E-state index contributed by atoms with van der Waals surface area (Å²) in [6, 6.07) is 0.703. The molecule has 0 atom stereocenters. The molecule has 0 unspecified atom stereocenters. The van der Waals surface area contributed by atoms with Crippen LogP contribution in [0.25, 0.3) is 0 Å². The predicted molar refractivity (Wildman–Crippen MR) is 82.0 cm³/mol. The van der Waals surface area contributed by atoms with Crippen molar-refractivity contribution >= 4 is 0 Å². The summed E-state index contributed by atoms with van der Waals surface area (Å²) in [6.45, 7) is 10.6. The first-order valence-corrected chi connectivity index (χ1v) is 8.29. The van der Waals surface area contributed by atoms with Gasteiger partial charge in [0.1, 0.15) is 0 Å². The van der Waals surface area contributed by atoms with E-state index in [-0.39, 0.29) is 5.41 Å². The maximum Gasteiger partial charge on any atom is 0.230 e. The zero-order valence-corrected chi connectivity index (χ0v) is 13.6. The lowest BCUT2D eigenvalue weighted by Gasteiger charge is -2.31. The lowest BCUT2D eigenvalue weighted by Crippen LogP contribution is -2.42. The highest BCUT2D eigenvalue weighted by Gasteiger charge is 2.26. The van der Waals surface area contributed by atoms with Gasteiger partial charge in [-0.15, -0.1) is 10.2 Å². The molecule has 5 nitrogen and oxygen atoms in total. The van der Waals surface area contributed by atoms with Crippen molar-refractivity contribution in [1.82, 2.24) is 20.4 Å². The van der Waals surface area contributed by atoms with Gasteiger partial charge < -0.3 is 9.73 Å². The second-order valence-electron chi connectivity index (χ2n) is 7.65. The fraction of sp³-hybridized carbons (Fsp3) is 0.875. The van der Waals surface area contributed by atoms with Crippen LogP contribution in [0.15, 0.2) is 4.42 Å². The topological polar surface area (TPSA) is 54.2 Å². The van der Waals surface area contributed by atoms with Gasteiger partial charge in [0.2, 0.25) is 11.8 Å². The Balaban J connectivity index is 1.43. The third-order valence-corrected chi connectivity index (χ3v) is 4.45. The molecule has 1 aromatic heterocycles. The van der Waals surface area contributed by atoms with Crippen molar-refractivity contribution in [2.45, 2.75) is 64.5 Å². The van der Waals surface area contributed by atoms with Gasteiger partial charge in [0.15, 0.2) is 0 Å². The second kappa shape index (κ2) is 6.05. The monoisotopic (exact) mass is 292 g/mol. The molecule has 5 heteroatoms. The number of aromatic nitrogens is 2. The van der Waals surface area contributed by atoms with E-state index >= 15 is 0 Å². The van der Waals surface area contributed by atoms with E-state index in [4.69, 9.17) is 4.42 Å². The molecule has 118 valence electrons. The van der Waals surface area contributed by atoms with Gasteiger partial charge in [0, 0.05) is 24.5 Å². The van der Waals surface area contributed by atoms with Crippen LogP contribution in [0, 0.1) is 5.92 Å². The van der Waals surface area contributed by atoms with Gasteiger partial charge in [-0.1, -0.05) is 20.8 Å². The molecule has 1 aliphatic carbocycles. The van der Waals surface area contributed by atoms with Crippen molar-refractivity contribution in [1.29, 1.82) is 0 Å². The Hall–Kier alpha value is -0.940. The van der Waals surface area contributed by atoms with Crippen molar-refractivity contribution in [2.75, 3.05) is 19.6 Å². The fourth-order valence-corrected chi connectivity index (χ4v) is 2.76. The molecule has 1 saturated carbocycles. The fourth-order valence-electron chi connectivity index (χ4n) is 2.76. The molecule has 3 rings (SSSR count). The maximum atomic E-state index is 5.79. The number of likely N-dealkylation sites (tertiary alicyclic amines) is 1. The number of nitrogens with zero attached hydrogens (tertiary/aromatic N) is 3. The highest BCUT2D eigenvalue weighted by molar-refractivity contribution is 4.96. The van der Waals surface area contributed by atoms with Crippen LogP contribution in [-0.4, -0.2) is 40.8 Å². The van der Waals surface area contributed by atoms with Gasteiger partial charge in [-0.3, -0.25) is 4.90 Å². The maximum absolute atomic E-state index is 5.79. The van der Waals surface area contributed by atoms with Gasteiger partial charge in [-0.25, -0.2) is 0 Å². The first-order chi connectivity index (χ1) is 10.0. The van der Waals surface area contributed by atoms with Gasteiger partial charge >= 0.3 is 0 Å². The molecular formula is C16H28N4O. The standard InChI is InChI=1S/C16H28N4O/c1-16(2,3)15-19-18-14(21-15)11-20-8-6-13(7-9-20)17-10-12-4-5-12/h12-13,17H,4-11H2,1-3H3. The van der Waals surface area contributed by atoms with Crippen molar-refractivity contribution in [2.24, 2.45) is 5.92 Å². The number of piperidine rings is 1. The summed E-state index contributed by atoms with van der Waals surface area (Å²) in [5.74, 6) is 2.46. The summed E-state index contributed by atoms with van der Waals surface area (Å²) < 4.78 is 5.79. The summed E-state index contributed by atoms with van der Waals surface area (Å²) in [6.07, 6.45) is 5.32. The molecule has 1 N–H and O–H groups in total. The van der Waals surface area contributed by atoms with E-state index in [1.165, 1.54) is 32.2 Å². The molecule has 1 aromatic rings. The van der Waals surface area contributed by atoms with Crippen LogP contribution in [0.1, 0.15) is 58.2 Å². The summed E-state index contributed by atoms with van der Waals surface area (Å²) in [5, 5.41) is 12.1. The van der Waals surface area contributed by atoms with Crippen LogP contribution in [0.4, 0.5) is 0 Å². The number of hydrogen-bond acceptors (Lipinski definition) is 5. The molecule has 2 fully saturated rings. The molecule has 0 bridgehead atoms. The number of nitrogens with one attached hydrogen (secondary N) is 1. The van der Waals surface area contributed by atoms with Gasteiger partial charge in [-0.05, 0) is 38.1 Å². The van der Waals surface area contributed by atoms with Gasteiger partial charge in [0.25, 0.3) is 0 Å². The zero-order valence-electron chi connectivity index (χ0n) is 13.6. The third-order valence-electron chi connectivity index (χ3n) is 4.45. The van der Waals surface area contributed by atoms with E-state index < -0.39 is 0 Å². The quantitative estimate of drug-likeness (QED) is 0.902.